The molecule has 0 spiro atoms. The van der Waals surface area contributed by atoms with Crippen molar-refractivity contribution in [2.24, 2.45) is 0 Å². The van der Waals surface area contributed by atoms with E-state index in [1.54, 1.807) is 0 Å². The SMILES string of the molecule is COCC(CO)NC(=O)c1ccc(F)c(Cl)c1. The molecule has 0 radical (unpaired) electrons. The number of nitrogens with one attached hydrogen (secondary N) is 1. The molecule has 2 N–H and O–H groups in total. The molecule has 0 aliphatic carbocycles. The zero-order valence-corrected chi connectivity index (χ0v) is 10.00. The molecule has 94 valence electrons. The number of amides is 1. The van der Waals surface area contributed by atoms with Gasteiger partial charge in [0.05, 0.1) is 24.3 Å². The summed E-state index contributed by atoms with van der Waals surface area (Å²) in [4.78, 5) is 11.7. The number of ether oxygens (including phenoxy) is 1. The Morgan fingerprint density at radius 3 is 2.88 bits per heavy atom. The van der Waals surface area contributed by atoms with E-state index in [9.17, 15) is 9.18 Å². The Kier molecular flexibility index (Phi) is 5.34. The molecular formula is C11H13ClFNO3. The summed E-state index contributed by atoms with van der Waals surface area (Å²) in [5.41, 5.74) is 0.228. The van der Waals surface area contributed by atoms with E-state index in [4.69, 9.17) is 21.4 Å². The van der Waals surface area contributed by atoms with Crippen molar-refractivity contribution in [2.75, 3.05) is 20.3 Å². The van der Waals surface area contributed by atoms with E-state index in [0.29, 0.717) is 0 Å². The standard InChI is InChI=1S/C11H13ClFNO3/c1-17-6-8(5-15)14-11(16)7-2-3-10(13)9(12)4-7/h2-4,8,15H,5-6H2,1H3,(H,14,16). The number of carbonyl (C=O) groups excluding carboxylic acids is 1. The van der Waals surface area contributed by atoms with Gasteiger partial charge in [0.2, 0.25) is 0 Å². The highest BCUT2D eigenvalue weighted by atomic mass is 35.5. The van der Waals surface area contributed by atoms with E-state index >= 15 is 0 Å². The first-order valence-corrected chi connectivity index (χ1v) is 5.32. The quantitative estimate of drug-likeness (QED) is 0.838. The van der Waals surface area contributed by atoms with Crippen molar-refractivity contribution in [2.45, 2.75) is 6.04 Å². The minimum Gasteiger partial charge on any atom is -0.394 e. The molecule has 0 aliphatic rings. The molecule has 1 atom stereocenters. The second-order valence-electron chi connectivity index (χ2n) is 3.44. The minimum absolute atomic E-state index is 0.120. The fourth-order valence-electron chi connectivity index (χ4n) is 1.25. The van der Waals surface area contributed by atoms with E-state index in [-0.39, 0.29) is 23.8 Å². The first-order chi connectivity index (χ1) is 8.08. The summed E-state index contributed by atoms with van der Waals surface area (Å²) in [5.74, 6) is -1.03. The van der Waals surface area contributed by atoms with Gasteiger partial charge in [-0.05, 0) is 18.2 Å². The zero-order chi connectivity index (χ0) is 12.8. The van der Waals surface area contributed by atoms with Crippen LogP contribution >= 0.6 is 11.6 Å². The van der Waals surface area contributed by atoms with Gasteiger partial charge in [-0.2, -0.15) is 0 Å². The fraction of sp³-hybridized carbons (Fsp3) is 0.364. The van der Waals surface area contributed by atoms with Gasteiger partial charge in [0, 0.05) is 12.7 Å². The minimum atomic E-state index is -0.584. The van der Waals surface area contributed by atoms with Gasteiger partial charge in [0.15, 0.2) is 0 Å². The van der Waals surface area contributed by atoms with Gasteiger partial charge in [0.1, 0.15) is 5.82 Å². The number of hydrogen-bond acceptors (Lipinski definition) is 3. The van der Waals surface area contributed by atoms with E-state index in [1.807, 2.05) is 0 Å². The lowest BCUT2D eigenvalue weighted by Crippen LogP contribution is -2.40. The highest BCUT2D eigenvalue weighted by molar-refractivity contribution is 6.31. The second kappa shape index (κ2) is 6.54. The molecule has 1 rings (SSSR count). The number of aliphatic hydroxyl groups excluding tert-OH is 1. The lowest BCUT2D eigenvalue weighted by atomic mass is 10.2. The Morgan fingerprint density at radius 2 is 2.35 bits per heavy atom. The number of halogens is 2. The Morgan fingerprint density at radius 1 is 1.65 bits per heavy atom. The highest BCUT2D eigenvalue weighted by Gasteiger charge is 2.13. The van der Waals surface area contributed by atoms with E-state index in [2.05, 4.69) is 5.32 Å². The lowest BCUT2D eigenvalue weighted by molar-refractivity contribution is 0.0839. The summed E-state index contributed by atoms with van der Waals surface area (Å²) in [7, 11) is 1.46. The third-order valence-corrected chi connectivity index (χ3v) is 2.39. The summed E-state index contributed by atoms with van der Waals surface area (Å²) in [6.45, 7) is -0.0499. The van der Waals surface area contributed by atoms with Crippen molar-refractivity contribution in [3.8, 4) is 0 Å². The van der Waals surface area contributed by atoms with Crippen molar-refractivity contribution < 1.29 is 19.0 Å². The average molecular weight is 262 g/mol. The van der Waals surface area contributed by atoms with Crippen molar-refractivity contribution in [1.82, 2.24) is 5.32 Å². The van der Waals surface area contributed by atoms with Crippen LogP contribution in [0.1, 0.15) is 10.4 Å². The monoisotopic (exact) mass is 261 g/mol. The largest absolute Gasteiger partial charge is 0.394 e. The molecule has 4 nitrogen and oxygen atoms in total. The molecule has 0 aromatic heterocycles. The molecule has 0 heterocycles. The van der Waals surface area contributed by atoms with Crippen LogP contribution in [0.5, 0.6) is 0 Å². The lowest BCUT2D eigenvalue weighted by Gasteiger charge is -2.15. The Balaban J connectivity index is 2.72. The maximum Gasteiger partial charge on any atom is 0.251 e. The van der Waals surface area contributed by atoms with Crippen molar-refractivity contribution >= 4 is 17.5 Å². The fourth-order valence-corrected chi connectivity index (χ4v) is 1.43. The van der Waals surface area contributed by atoms with Crippen LogP contribution in [0.25, 0.3) is 0 Å². The van der Waals surface area contributed by atoms with Crippen LogP contribution in [0.3, 0.4) is 0 Å². The van der Waals surface area contributed by atoms with Crippen LogP contribution < -0.4 is 5.32 Å². The number of carbonyl (C=O) groups is 1. The third kappa shape index (κ3) is 3.96. The Hall–Kier alpha value is -1.17. The third-order valence-electron chi connectivity index (χ3n) is 2.11. The molecule has 6 heteroatoms. The summed E-state index contributed by atoms with van der Waals surface area (Å²) in [6.07, 6.45) is 0. The second-order valence-corrected chi connectivity index (χ2v) is 3.84. The van der Waals surface area contributed by atoms with Gasteiger partial charge in [-0.1, -0.05) is 11.6 Å². The molecular weight excluding hydrogens is 249 g/mol. The van der Waals surface area contributed by atoms with Gasteiger partial charge in [-0.15, -0.1) is 0 Å². The number of benzene rings is 1. The van der Waals surface area contributed by atoms with E-state index in [0.717, 1.165) is 6.07 Å². The predicted octanol–water partition coefficient (Wildman–Crippen LogP) is 1.22. The van der Waals surface area contributed by atoms with E-state index in [1.165, 1.54) is 19.2 Å². The van der Waals surface area contributed by atoms with Crippen LogP contribution in [0.2, 0.25) is 5.02 Å². The Labute approximate surface area is 103 Å². The molecule has 1 amide bonds. The molecule has 0 bridgehead atoms. The van der Waals surface area contributed by atoms with Crippen LogP contribution in [0.15, 0.2) is 18.2 Å². The van der Waals surface area contributed by atoms with Crippen LogP contribution in [0, 0.1) is 5.82 Å². The number of rotatable bonds is 5. The Bertz CT molecular complexity index is 400. The number of aliphatic hydroxyl groups is 1. The maximum atomic E-state index is 12.9. The van der Waals surface area contributed by atoms with Gasteiger partial charge >= 0.3 is 0 Å². The molecule has 17 heavy (non-hydrogen) atoms. The van der Waals surface area contributed by atoms with Crippen molar-refractivity contribution in [3.63, 3.8) is 0 Å². The normalized spacial score (nSPS) is 12.2. The first-order valence-electron chi connectivity index (χ1n) is 4.94. The maximum absolute atomic E-state index is 12.9. The number of methoxy groups -OCH3 is 1. The van der Waals surface area contributed by atoms with Gasteiger partial charge in [0.25, 0.3) is 5.91 Å². The number of hydrogen-bond donors (Lipinski definition) is 2. The summed E-state index contributed by atoms with van der Waals surface area (Å²) >= 11 is 5.56. The van der Waals surface area contributed by atoms with Gasteiger partial charge in [-0.25, -0.2) is 4.39 Å². The van der Waals surface area contributed by atoms with E-state index < -0.39 is 17.8 Å². The first kappa shape index (κ1) is 13.9. The summed E-state index contributed by atoms with van der Waals surface area (Å²) < 4.78 is 17.7. The van der Waals surface area contributed by atoms with Crippen LogP contribution in [0.4, 0.5) is 4.39 Å². The van der Waals surface area contributed by atoms with Gasteiger partial charge < -0.3 is 15.2 Å². The molecule has 1 aromatic carbocycles. The van der Waals surface area contributed by atoms with Gasteiger partial charge in [-0.3, -0.25) is 4.79 Å². The predicted molar refractivity (Wildman–Crippen MR) is 61.6 cm³/mol. The molecule has 0 aliphatic heterocycles. The summed E-state index contributed by atoms with van der Waals surface area (Å²) in [5, 5.41) is 11.4. The molecule has 1 unspecified atom stereocenters. The molecule has 0 fully saturated rings. The molecule has 0 saturated heterocycles. The highest BCUT2D eigenvalue weighted by Crippen LogP contribution is 2.15. The summed E-state index contributed by atoms with van der Waals surface area (Å²) in [6, 6.07) is 3.16. The van der Waals surface area contributed by atoms with Crippen molar-refractivity contribution in [1.29, 1.82) is 0 Å². The van der Waals surface area contributed by atoms with Crippen molar-refractivity contribution in [3.05, 3.63) is 34.6 Å². The average Bonchev–Trinajstić information content (AvgIpc) is 2.31. The smallest absolute Gasteiger partial charge is 0.251 e. The zero-order valence-electron chi connectivity index (χ0n) is 9.24. The molecule has 0 saturated carbocycles. The van der Waals surface area contributed by atoms with Crippen LogP contribution in [-0.4, -0.2) is 37.4 Å². The molecule has 1 aromatic rings. The van der Waals surface area contributed by atoms with Crippen LogP contribution in [-0.2, 0) is 4.74 Å². The topological polar surface area (TPSA) is 58.6 Å².